The van der Waals surface area contributed by atoms with Gasteiger partial charge in [-0.25, -0.2) is 0 Å². The van der Waals surface area contributed by atoms with E-state index in [9.17, 15) is 15.3 Å². The molecule has 0 aromatic carbocycles. The average molecular weight is 221 g/mol. The second-order valence-corrected chi connectivity index (χ2v) is 3.43. The molecule has 0 saturated carbocycles. The lowest BCUT2D eigenvalue weighted by Gasteiger charge is -2.26. The summed E-state index contributed by atoms with van der Waals surface area (Å²) in [6.45, 7) is 2.70. The highest BCUT2D eigenvalue weighted by molar-refractivity contribution is 4.89. The molecule has 6 heteroatoms. The van der Waals surface area contributed by atoms with Crippen molar-refractivity contribution in [3.8, 4) is 0 Å². The van der Waals surface area contributed by atoms with Gasteiger partial charge in [0.2, 0.25) is 0 Å². The second-order valence-electron chi connectivity index (χ2n) is 3.43. The van der Waals surface area contributed by atoms with Crippen LogP contribution in [0.4, 0.5) is 0 Å². The first-order valence-corrected chi connectivity index (χ1v) is 4.65. The fourth-order valence-corrected chi connectivity index (χ4v) is 1.08. The summed E-state index contributed by atoms with van der Waals surface area (Å²) in [6, 6.07) is -0.506. The maximum Gasteiger partial charge on any atom is 0.110 e. The van der Waals surface area contributed by atoms with Gasteiger partial charge in [0.1, 0.15) is 18.3 Å². The third kappa shape index (κ3) is 4.70. The topological polar surface area (TPSA) is 127 Å². The summed E-state index contributed by atoms with van der Waals surface area (Å²) in [7, 11) is 0. The van der Waals surface area contributed by atoms with Crippen LogP contribution in [0.5, 0.6) is 0 Å². The van der Waals surface area contributed by atoms with Gasteiger partial charge < -0.3 is 31.3 Å². The Bertz CT molecular complexity index is 189. The number of aliphatic hydroxyl groups is 5. The highest BCUT2D eigenvalue weighted by Gasteiger charge is 2.30. The molecule has 1 unspecified atom stereocenters. The number of rotatable bonds is 7. The van der Waals surface area contributed by atoms with Crippen molar-refractivity contribution < 1.29 is 25.5 Å². The van der Waals surface area contributed by atoms with Crippen LogP contribution in [0.2, 0.25) is 0 Å². The number of hydrogen-bond donors (Lipinski definition) is 6. The molecule has 0 bridgehead atoms. The van der Waals surface area contributed by atoms with Crippen molar-refractivity contribution in [1.29, 1.82) is 0 Å². The molecule has 15 heavy (non-hydrogen) atoms. The quantitative estimate of drug-likeness (QED) is 0.260. The minimum Gasteiger partial charge on any atom is -0.394 e. The zero-order valence-electron chi connectivity index (χ0n) is 8.40. The van der Waals surface area contributed by atoms with Gasteiger partial charge in [0.15, 0.2) is 0 Å². The Morgan fingerprint density at radius 1 is 1.07 bits per heavy atom. The molecule has 0 spiro atoms. The van der Waals surface area contributed by atoms with Crippen LogP contribution in [0, 0.1) is 0 Å². The molecule has 0 aliphatic carbocycles. The van der Waals surface area contributed by atoms with Crippen molar-refractivity contribution in [2.24, 2.45) is 5.73 Å². The van der Waals surface area contributed by atoms with E-state index in [-0.39, 0.29) is 6.42 Å². The minimum absolute atomic E-state index is 0.0138. The van der Waals surface area contributed by atoms with Crippen molar-refractivity contribution >= 4 is 0 Å². The maximum absolute atomic E-state index is 9.40. The fourth-order valence-electron chi connectivity index (χ4n) is 1.08. The molecule has 0 radical (unpaired) electrons. The van der Waals surface area contributed by atoms with Crippen LogP contribution in [0.3, 0.4) is 0 Å². The SMILES string of the molecule is C=CC(N)C[C@H](O)[C@@H](O)[C@H](O)[C@H](O)CO. The lowest BCUT2D eigenvalue weighted by atomic mass is 9.98. The first-order valence-electron chi connectivity index (χ1n) is 4.65. The van der Waals surface area contributed by atoms with Gasteiger partial charge in [0.05, 0.1) is 12.7 Å². The zero-order chi connectivity index (χ0) is 12.0. The van der Waals surface area contributed by atoms with Gasteiger partial charge in [-0.15, -0.1) is 6.58 Å². The molecule has 0 aromatic heterocycles. The van der Waals surface area contributed by atoms with Crippen LogP contribution >= 0.6 is 0 Å². The Balaban J connectivity index is 4.17. The molecule has 90 valence electrons. The van der Waals surface area contributed by atoms with Crippen LogP contribution in [0.15, 0.2) is 12.7 Å². The normalized spacial score (nSPS) is 21.5. The summed E-state index contributed by atoms with van der Waals surface area (Å²) in [5.74, 6) is 0. The van der Waals surface area contributed by atoms with Crippen molar-refractivity contribution in [1.82, 2.24) is 0 Å². The van der Waals surface area contributed by atoms with E-state index < -0.39 is 37.1 Å². The highest BCUT2D eigenvalue weighted by Crippen LogP contribution is 2.09. The van der Waals surface area contributed by atoms with Crippen LogP contribution in [0.1, 0.15) is 6.42 Å². The van der Waals surface area contributed by atoms with Crippen LogP contribution in [0.25, 0.3) is 0 Å². The lowest BCUT2D eigenvalue weighted by Crippen LogP contribution is -2.47. The Morgan fingerprint density at radius 2 is 1.53 bits per heavy atom. The summed E-state index contributed by atoms with van der Waals surface area (Å²) in [4.78, 5) is 0. The third-order valence-electron chi connectivity index (χ3n) is 2.14. The van der Waals surface area contributed by atoms with Gasteiger partial charge in [-0.3, -0.25) is 0 Å². The van der Waals surface area contributed by atoms with Crippen molar-refractivity contribution in [2.75, 3.05) is 6.61 Å². The third-order valence-corrected chi connectivity index (χ3v) is 2.14. The molecule has 0 heterocycles. The van der Waals surface area contributed by atoms with Crippen molar-refractivity contribution in [2.45, 2.75) is 36.9 Å². The smallest absolute Gasteiger partial charge is 0.110 e. The molecule has 0 fully saturated rings. The summed E-state index contributed by atoms with van der Waals surface area (Å²) in [6.07, 6.45) is -4.53. The van der Waals surface area contributed by atoms with E-state index >= 15 is 0 Å². The van der Waals surface area contributed by atoms with E-state index in [4.69, 9.17) is 15.9 Å². The van der Waals surface area contributed by atoms with Crippen molar-refractivity contribution in [3.05, 3.63) is 12.7 Å². The monoisotopic (exact) mass is 221 g/mol. The predicted octanol–water partition coefficient (Wildman–Crippen LogP) is -2.67. The Kier molecular flexibility index (Phi) is 6.66. The molecule has 7 N–H and O–H groups in total. The van der Waals surface area contributed by atoms with Gasteiger partial charge in [-0.1, -0.05) is 6.08 Å². The second kappa shape index (κ2) is 6.89. The summed E-state index contributed by atoms with van der Waals surface area (Å²) in [5.41, 5.74) is 5.44. The average Bonchev–Trinajstić information content (AvgIpc) is 2.25. The summed E-state index contributed by atoms with van der Waals surface area (Å²) < 4.78 is 0. The zero-order valence-corrected chi connectivity index (χ0v) is 8.40. The minimum atomic E-state index is -1.61. The van der Waals surface area contributed by atoms with E-state index in [0.717, 1.165) is 0 Å². The Hall–Kier alpha value is -0.500. The first-order chi connectivity index (χ1) is 6.93. The lowest BCUT2D eigenvalue weighted by molar-refractivity contribution is -0.116. The summed E-state index contributed by atoms with van der Waals surface area (Å²) in [5, 5.41) is 45.6. The number of nitrogens with two attached hydrogens (primary N) is 1. The molecule has 0 aliphatic heterocycles. The first kappa shape index (κ1) is 14.5. The van der Waals surface area contributed by atoms with Gasteiger partial charge in [0, 0.05) is 6.04 Å². The standard InChI is InChI=1S/C9H19NO5/c1-2-5(10)3-6(12)8(14)9(15)7(13)4-11/h2,5-9,11-15H,1,3-4,10H2/t5?,6-,7+,8+,9+/m0/s1. The van der Waals surface area contributed by atoms with Crippen LogP contribution < -0.4 is 5.73 Å². The van der Waals surface area contributed by atoms with Crippen molar-refractivity contribution in [3.63, 3.8) is 0 Å². The molecular weight excluding hydrogens is 202 g/mol. The van der Waals surface area contributed by atoms with Gasteiger partial charge in [-0.05, 0) is 6.42 Å². The fraction of sp³-hybridized carbons (Fsp3) is 0.778. The van der Waals surface area contributed by atoms with Crippen LogP contribution in [-0.4, -0.2) is 62.6 Å². The van der Waals surface area contributed by atoms with Crippen LogP contribution in [-0.2, 0) is 0 Å². The van der Waals surface area contributed by atoms with Gasteiger partial charge in [-0.2, -0.15) is 0 Å². The largest absolute Gasteiger partial charge is 0.394 e. The Labute approximate surface area is 88.3 Å². The Morgan fingerprint density at radius 3 is 1.93 bits per heavy atom. The number of aliphatic hydroxyl groups excluding tert-OH is 5. The molecule has 0 aliphatic rings. The van der Waals surface area contributed by atoms with Gasteiger partial charge >= 0.3 is 0 Å². The maximum atomic E-state index is 9.40. The van der Waals surface area contributed by atoms with E-state index in [1.165, 1.54) is 6.08 Å². The molecule has 0 saturated heterocycles. The molecular formula is C9H19NO5. The van der Waals surface area contributed by atoms with E-state index in [1.807, 2.05) is 0 Å². The van der Waals surface area contributed by atoms with E-state index in [2.05, 4.69) is 6.58 Å². The molecule has 5 atom stereocenters. The predicted molar refractivity (Wildman–Crippen MR) is 53.9 cm³/mol. The molecule has 0 rings (SSSR count). The molecule has 0 aromatic rings. The van der Waals surface area contributed by atoms with E-state index in [1.54, 1.807) is 0 Å². The number of hydrogen-bond acceptors (Lipinski definition) is 6. The highest BCUT2D eigenvalue weighted by atomic mass is 16.4. The van der Waals surface area contributed by atoms with E-state index in [0.29, 0.717) is 0 Å². The van der Waals surface area contributed by atoms with Gasteiger partial charge in [0.25, 0.3) is 0 Å². The summed E-state index contributed by atoms with van der Waals surface area (Å²) >= 11 is 0. The molecule has 0 amide bonds. The molecule has 6 nitrogen and oxygen atoms in total.